The van der Waals surface area contributed by atoms with Gasteiger partial charge in [0.15, 0.2) is 5.69 Å². The Balaban J connectivity index is 2.23. The lowest BCUT2D eigenvalue weighted by Gasteiger charge is -2.09. The van der Waals surface area contributed by atoms with Crippen LogP contribution in [0.1, 0.15) is 17.4 Å². The van der Waals surface area contributed by atoms with Crippen molar-refractivity contribution in [2.24, 2.45) is 0 Å². The van der Waals surface area contributed by atoms with Crippen LogP contribution in [0.4, 0.5) is 0 Å². The van der Waals surface area contributed by atoms with Crippen LogP contribution < -0.4 is 10.3 Å². The van der Waals surface area contributed by atoms with E-state index < -0.39 is 5.24 Å². The molecule has 0 aliphatic rings. The van der Waals surface area contributed by atoms with Gasteiger partial charge in [-0.3, -0.25) is 9.59 Å². The number of fused-ring (bicyclic) bond motifs is 1. The minimum atomic E-state index is -0.708. The first kappa shape index (κ1) is 15.2. The Kier molecular flexibility index (Phi) is 4.12. The average molecular weight is 329 g/mol. The van der Waals surface area contributed by atoms with Crippen molar-refractivity contribution < 1.29 is 9.53 Å². The molecule has 0 atom stereocenters. The van der Waals surface area contributed by atoms with Crippen molar-refractivity contribution >= 4 is 27.6 Å². The summed E-state index contributed by atoms with van der Waals surface area (Å²) in [7, 11) is 0. The topological polar surface area (TPSA) is 61.2 Å². The highest BCUT2D eigenvalue weighted by Crippen LogP contribution is 2.18. The molecule has 2 aromatic carbocycles. The number of carbonyl (C=O) groups excluding carboxylic acids is 1. The van der Waals surface area contributed by atoms with E-state index in [4.69, 9.17) is 16.3 Å². The molecule has 0 fully saturated rings. The Morgan fingerprint density at radius 3 is 2.39 bits per heavy atom. The molecule has 0 amide bonds. The molecule has 0 unspecified atom stereocenters. The Bertz CT molecular complexity index is 933. The summed E-state index contributed by atoms with van der Waals surface area (Å²) in [6, 6.07) is 13.7. The first-order chi connectivity index (χ1) is 11.1. The molecule has 0 spiro atoms. The van der Waals surface area contributed by atoms with E-state index >= 15 is 0 Å². The van der Waals surface area contributed by atoms with Crippen LogP contribution in [0.25, 0.3) is 16.5 Å². The summed E-state index contributed by atoms with van der Waals surface area (Å²) in [4.78, 5) is 24.3. The first-order valence-corrected chi connectivity index (χ1v) is 7.44. The molecule has 5 nitrogen and oxygen atoms in total. The Hall–Kier alpha value is -2.66. The number of nitrogens with zero attached hydrogens (tertiary/aromatic N) is 2. The molecule has 3 rings (SSSR count). The number of rotatable bonds is 4. The number of halogens is 1. The molecule has 1 heterocycles. The van der Waals surface area contributed by atoms with Crippen LogP contribution >= 0.6 is 11.6 Å². The van der Waals surface area contributed by atoms with Gasteiger partial charge in [-0.15, -0.1) is 0 Å². The monoisotopic (exact) mass is 328 g/mol. The predicted molar refractivity (Wildman–Crippen MR) is 88.7 cm³/mol. The molecule has 0 aliphatic carbocycles. The van der Waals surface area contributed by atoms with E-state index in [1.807, 2.05) is 6.92 Å². The lowest BCUT2D eigenvalue weighted by atomic mass is 10.1. The molecule has 0 aliphatic heterocycles. The summed E-state index contributed by atoms with van der Waals surface area (Å²) in [5, 5.41) is 4.25. The number of carbonyl (C=O) groups is 1. The third-order valence-corrected chi connectivity index (χ3v) is 3.56. The van der Waals surface area contributed by atoms with Crippen LogP contribution in [-0.4, -0.2) is 21.6 Å². The van der Waals surface area contributed by atoms with E-state index in [1.54, 1.807) is 48.5 Å². The van der Waals surface area contributed by atoms with E-state index in [0.29, 0.717) is 28.8 Å². The fourth-order valence-corrected chi connectivity index (χ4v) is 2.50. The molecule has 3 aromatic rings. The largest absolute Gasteiger partial charge is 0.494 e. The van der Waals surface area contributed by atoms with Gasteiger partial charge in [0.05, 0.1) is 17.7 Å². The zero-order valence-corrected chi connectivity index (χ0v) is 13.1. The maximum Gasteiger partial charge on any atom is 0.279 e. The zero-order valence-electron chi connectivity index (χ0n) is 12.3. The number of ether oxygens (including phenoxy) is 1. The summed E-state index contributed by atoms with van der Waals surface area (Å²) < 4.78 is 6.55. The Labute approximate surface area is 137 Å². The van der Waals surface area contributed by atoms with Gasteiger partial charge in [0.1, 0.15) is 5.75 Å². The molecule has 0 N–H and O–H groups in total. The Morgan fingerprint density at radius 2 is 1.78 bits per heavy atom. The van der Waals surface area contributed by atoms with E-state index in [2.05, 4.69) is 5.10 Å². The maximum absolute atomic E-state index is 12.6. The van der Waals surface area contributed by atoms with Gasteiger partial charge >= 0.3 is 0 Å². The quantitative estimate of drug-likeness (QED) is 0.690. The molecular weight excluding hydrogens is 316 g/mol. The van der Waals surface area contributed by atoms with Crippen LogP contribution in [0.2, 0.25) is 0 Å². The van der Waals surface area contributed by atoms with Crippen molar-refractivity contribution in [2.75, 3.05) is 6.61 Å². The molecule has 1 aromatic heterocycles. The second-order valence-corrected chi connectivity index (χ2v) is 5.16. The van der Waals surface area contributed by atoms with Crippen LogP contribution in [0, 0.1) is 0 Å². The van der Waals surface area contributed by atoms with Gasteiger partial charge in [-0.25, -0.2) is 0 Å². The second-order valence-electron chi connectivity index (χ2n) is 4.81. The maximum atomic E-state index is 12.6. The van der Waals surface area contributed by atoms with Crippen LogP contribution in [0.3, 0.4) is 0 Å². The van der Waals surface area contributed by atoms with Crippen molar-refractivity contribution in [1.29, 1.82) is 0 Å². The van der Waals surface area contributed by atoms with Crippen molar-refractivity contribution in [3.8, 4) is 11.4 Å². The highest BCUT2D eigenvalue weighted by Gasteiger charge is 2.15. The SMILES string of the molecule is CCOc1ccc(-n2nc(C(=O)Cl)c3ccccc3c2=O)cc1. The first-order valence-electron chi connectivity index (χ1n) is 7.07. The summed E-state index contributed by atoms with van der Waals surface area (Å²) in [5.74, 6) is 0.693. The Morgan fingerprint density at radius 1 is 1.13 bits per heavy atom. The van der Waals surface area contributed by atoms with Gasteiger partial charge in [0, 0.05) is 5.39 Å². The van der Waals surface area contributed by atoms with Gasteiger partial charge in [-0.1, -0.05) is 18.2 Å². The zero-order chi connectivity index (χ0) is 16.4. The lowest BCUT2D eigenvalue weighted by Crippen LogP contribution is -2.23. The van der Waals surface area contributed by atoms with Crippen LogP contribution in [-0.2, 0) is 0 Å². The summed E-state index contributed by atoms with van der Waals surface area (Å²) in [6.45, 7) is 2.44. The molecule has 0 saturated heterocycles. The van der Waals surface area contributed by atoms with Crippen molar-refractivity contribution in [3.05, 3.63) is 64.6 Å². The van der Waals surface area contributed by atoms with Crippen LogP contribution in [0.5, 0.6) is 5.75 Å². The van der Waals surface area contributed by atoms with E-state index in [1.165, 1.54) is 4.68 Å². The standard InChI is InChI=1S/C17H13ClN2O3/c1-2-23-12-9-7-11(8-10-12)20-17(22)14-6-4-3-5-13(14)15(19-20)16(18)21/h3-10H,2H2,1H3. The van der Waals surface area contributed by atoms with Crippen molar-refractivity contribution in [1.82, 2.24) is 9.78 Å². The average Bonchev–Trinajstić information content (AvgIpc) is 2.56. The normalized spacial score (nSPS) is 10.7. The highest BCUT2D eigenvalue weighted by atomic mass is 35.5. The third kappa shape index (κ3) is 2.83. The number of benzene rings is 2. The molecular formula is C17H13ClN2O3. The summed E-state index contributed by atoms with van der Waals surface area (Å²) >= 11 is 5.62. The van der Waals surface area contributed by atoms with E-state index in [0.717, 1.165) is 0 Å². The molecule has 0 saturated carbocycles. The number of aromatic nitrogens is 2. The molecule has 23 heavy (non-hydrogen) atoms. The summed E-state index contributed by atoms with van der Waals surface area (Å²) in [5.41, 5.74) is 0.269. The minimum absolute atomic E-state index is 0.0516. The van der Waals surface area contributed by atoms with Gasteiger partial charge in [0.25, 0.3) is 10.8 Å². The predicted octanol–water partition coefficient (Wildman–Crippen LogP) is 3.16. The smallest absolute Gasteiger partial charge is 0.279 e. The number of hydrogen-bond acceptors (Lipinski definition) is 4. The molecule has 116 valence electrons. The third-order valence-electron chi connectivity index (χ3n) is 3.38. The minimum Gasteiger partial charge on any atom is -0.494 e. The van der Waals surface area contributed by atoms with E-state index in [-0.39, 0.29) is 11.3 Å². The highest BCUT2D eigenvalue weighted by molar-refractivity contribution is 6.68. The van der Waals surface area contributed by atoms with Crippen molar-refractivity contribution in [2.45, 2.75) is 6.92 Å². The van der Waals surface area contributed by atoms with Gasteiger partial charge in [-0.05, 0) is 48.9 Å². The fraction of sp³-hybridized carbons (Fsp3) is 0.118. The second kappa shape index (κ2) is 6.22. The van der Waals surface area contributed by atoms with Gasteiger partial charge < -0.3 is 4.74 Å². The lowest BCUT2D eigenvalue weighted by molar-refractivity contribution is 0.107. The van der Waals surface area contributed by atoms with Gasteiger partial charge in [0.2, 0.25) is 0 Å². The molecule has 0 radical (unpaired) electrons. The number of hydrogen-bond donors (Lipinski definition) is 0. The van der Waals surface area contributed by atoms with Crippen LogP contribution in [0.15, 0.2) is 53.3 Å². The van der Waals surface area contributed by atoms with E-state index in [9.17, 15) is 9.59 Å². The molecule has 0 bridgehead atoms. The summed E-state index contributed by atoms with van der Waals surface area (Å²) in [6.07, 6.45) is 0. The van der Waals surface area contributed by atoms with Gasteiger partial charge in [-0.2, -0.15) is 9.78 Å². The molecule has 6 heteroatoms. The fourth-order valence-electron chi connectivity index (χ4n) is 2.36. The van der Waals surface area contributed by atoms with Crippen molar-refractivity contribution in [3.63, 3.8) is 0 Å².